The monoisotopic (exact) mass is 438 g/mol. The second-order valence-corrected chi connectivity index (χ2v) is 9.68. The van der Waals surface area contributed by atoms with Gasteiger partial charge in [0.2, 0.25) is 0 Å². The molecule has 0 bridgehead atoms. The number of rotatable bonds is 8. The summed E-state index contributed by atoms with van der Waals surface area (Å²) in [4.78, 5) is 0. The van der Waals surface area contributed by atoms with Crippen LogP contribution in [0.4, 0.5) is 0 Å². The topological polar surface area (TPSA) is 18.5 Å². The molecule has 0 N–H and O–H groups in total. The summed E-state index contributed by atoms with van der Waals surface area (Å²) in [5, 5.41) is 0.770. The van der Waals surface area contributed by atoms with E-state index in [0.29, 0.717) is 5.92 Å². The first-order valence-corrected chi connectivity index (χ1v) is 12.3. The van der Waals surface area contributed by atoms with Crippen molar-refractivity contribution in [2.45, 2.75) is 57.7 Å². The van der Waals surface area contributed by atoms with E-state index < -0.39 is 0 Å². The van der Waals surface area contributed by atoms with Gasteiger partial charge in [0.15, 0.2) is 6.29 Å². The quantitative estimate of drug-likeness (QED) is 0.393. The van der Waals surface area contributed by atoms with Gasteiger partial charge in [0, 0.05) is 17.4 Å². The van der Waals surface area contributed by atoms with Crippen molar-refractivity contribution >= 4 is 11.6 Å². The van der Waals surface area contributed by atoms with E-state index in [1.165, 1.54) is 48.8 Å². The zero-order chi connectivity index (χ0) is 21.5. The van der Waals surface area contributed by atoms with E-state index in [9.17, 15) is 0 Å². The molecule has 1 saturated heterocycles. The predicted octanol–water partition coefficient (Wildman–Crippen LogP) is 7.70. The van der Waals surface area contributed by atoms with Gasteiger partial charge >= 0.3 is 0 Å². The van der Waals surface area contributed by atoms with Crippen LogP contribution in [0.2, 0.25) is 5.02 Å². The van der Waals surface area contributed by atoms with Crippen LogP contribution in [0, 0.1) is 17.8 Å². The molecule has 2 aromatic rings. The van der Waals surface area contributed by atoms with Crippen molar-refractivity contribution in [2.75, 3.05) is 13.2 Å². The van der Waals surface area contributed by atoms with Gasteiger partial charge in [-0.1, -0.05) is 66.9 Å². The van der Waals surface area contributed by atoms with Crippen molar-refractivity contribution in [2.24, 2.45) is 17.8 Å². The molecular weight excluding hydrogens is 404 g/mol. The fourth-order valence-electron chi connectivity index (χ4n) is 5.09. The molecule has 0 aromatic heterocycles. The number of aryl methyl sites for hydroxylation is 1. The highest BCUT2D eigenvalue weighted by Crippen LogP contribution is 2.37. The minimum absolute atomic E-state index is 0.0591. The molecule has 2 aromatic carbocycles. The Morgan fingerprint density at radius 1 is 0.806 bits per heavy atom. The lowest BCUT2D eigenvalue weighted by Crippen LogP contribution is -2.37. The summed E-state index contributed by atoms with van der Waals surface area (Å²) in [5.74, 6) is 2.26. The normalized spacial score (nSPS) is 26.5. The molecule has 1 aliphatic carbocycles. The minimum Gasteiger partial charge on any atom is -0.352 e. The van der Waals surface area contributed by atoms with Crippen molar-refractivity contribution in [3.63, 3.8) is 0 Å². The Hall–Kier alpha value is -1.61. The van der Waals surface area contributed by atoms with Gasteiger partial charge < -0.3 is 9.47 Å². The number of hydrogen-bond donors (Lipinski definition) is 0. The van der Waals surface area contributed by atoms with Crippen molar-refractivity contribution in [1.82, 2.24) is 0 Å². The van der Waals surface area contributed by atoms with Crippen LogP contribution in [0.1, 0.15) is 50.5 Å². The average Bonchev–Trinajstić information content (AvgIpc) is 2.83. The van der Waals surface area contributed by atoms with E-state index in [4.69, 9.17) is 21.1 Å². The van der Waals surface area contributed by atoms with E-state index in [-0.39, 0.29) is 6.29 Å². The molecule has 2 nitrogen and oxygen atoms in total. The lowest BCUT2D eigenvalue weighted by Gasteiger charge is -2.37. The number of hydrogen-bond acceptors (Lipinski definition) is 2. The van der Waals surface area contributed by atoms with Crippen LogP contribution >= 0.6 is 11.6 Å². The van der Waals surface area contributed by atoms with Gasteiger partial charge in [-0.15, -0.1) is 6.58 Å². The number of allylic oxidation sites excluding steroid dienone is 1. The fourth-order valence-corrected chi connectivity index (χ4v) is 5.22. The molecule has 2 aliphatic rings. The summed E-state index contributed by atoms with van der Waals surface area (Å²) in [6.07, 6.45) is 11.8. The van der Waals surface area contributed by atoms with Crippen LogP contribution < -0.4 is 0 Å². The van der Waals surface area contributed by atoms with Crippen molar-refractivity contribution in [3.05, 3.63) is 71.8 Å². The predicted molar refractivity (Wildman–Crippen MR) is 129 cm³/mol. The highest BCUT2D eigenvalue weighted by atomic mass is 35.5. The molecular formula is C28H35ClO2. The first-order chi connectivity index (χ1) is 15.2. The molecule has 166 valence electrons. The summed E-state index contributed by atoms with van der Waals surface area (Å²) < 4.78 is 12.2. The SMILES string of the molecule is C=CCC[C@H]1CC[C@H](C2COC(CCc3ccc(-c4ccc(Cl)cc4)cc3)OC2)CC1. The molecule has 1 saturated carbocycles. The standard InChI is InChI=1S/C28H35ClO2/c1-2-3-4-21-5-12-25(13-6-21)26-19-30-28(31-20-26)18-9-22-7-10-23(11-8-22)24-14-16-27(29)17-15-24/h2,7-8,10-11,14-17,21,25-26,28H,1,3-6,9,12-13,18-20H2/t21-,25-,26?,28?. The van der Waals surface area contributed by atoms with Gasteiger partial charge in [-0.3, -0.25) is 0 Å². The summed E-state index contributed by atoms with van der Waals surface area (Å²) in [5.41, 5.74) is 3.73. The van der Waals surface area contributed by atoms with Gasteiger partial charge in [0.25, 0.3) is 0 Å². The van der Waals surface area contributed by atoms with E-state index in [1.807, 2.05) is 12.1 Å². The maximum atomic E-state index is 6.11. The average molecular weight is 439 g/mol. The van der Waals surface area contributed by atoms with Crippen molar-refractivity contribution in [1.29, 1.82) is 0 Å². The van der Waals surface area contributed by atoms with Gasteiger partial charge in [0.05, 0.1) is 13.2 Å². The maximum Gasteiger partial charge on any atom is 0.157 e. The Morgan fingerprint density at radius 3 is 2.03 bits per heavy atom. The Labute approximate surface area is 192 Å². The highest BCUT2D eigenvalue weighted by molar-refractivity contribution is 6.30. The van der Waals surface area contributed by atoms with E-state index in [1.54, 1.807) is 0 Å². The van der Waals surface area contributed by atoms with Gasteiger partial charge in [-0.05, 0) is 72.8 Å². The molecule has 0 atom stereocenters. The summed E-state index contributed by atoms with van der Waals surface area (Å²) in [6.45, 7) is 5.58. The molecule has 0 amide bonds. The second kappa shape index (κ2) is 11.3. The molecule has 0 radical (unpaired) electrons. The first-order valence-electron chi connectivity index (χ1n) is 11.9. The molecule has 1 heterocycles. The number of halogens is 1. The highest BCUT2D eigenvalue weighted by Gasteiger charge is 2.31. The molecule has 3 heteroatoms. The Morgan fingerprint density at radius 2 is 1.42 bits per heavy atom. The van der Waals surface area contributed by atoms with Crippen LogP contribution in [-0.4, -0.2) is 19.5 Å². The van der Waals surface area contributed by atoms with Crippen molar-refractivity contribution in [3.8, 4) is 11.1 Å². The lowest BCUT2D eigenvalue weighted by atomic mass is 9.75. The molecule has 4 rings (SSSR count). The summed E-state index contributed by atoms with van der Waals surface area (Å²) in [7, 11) is 0. The molecule has 2 fully saturated rings. The summed E-state index contributed by atoms with van der Waals surface area (Å²) in [6, 6.07) is 16.8. The Bertz CT molecular complexity index is 798. The molecule has 0 spiro atoms. The first kappa shape index (κ1) is 22.6. The van der Waals surface area contributed by atoms with E-state index >= 15 is 0 Å². The maximum absolute atomic E-state index is 6.11. The number of benzene rings is 2. The largest absolute Gasteiger partial charge is 0.352 e. The van der Waals surface area contributed by atoms with Crippen LogP contribution in [0.3, 0.4) is 0 Å². The van der Waals surface area contributed by atoms with Gasteiger partial charge in [0.1, 0.15) is 0 Å². The van der Waals surface area contributed by atoms with E-state index in [2.05, 4.69) is 49.1 Å². The van der Waals surface area contributed by atoms with Crippen LogP contribution in [0.15, 0.2) is 61.2 Å². The second-order valence-electron chi connectivity index (χ2n) is 9.25. The third-order valence-corrected chi connectivity index (χ3v) is 7.38. The Balaban J connectivity index is 1.18. The molecule has 1 aliphatic heterocycles. The van der Waals surface area contributed by atoms with Crippen LogP contribution in [0.25, 0.3) is 11.1 Å². The zero-order valence-electron chi connectivity index (χ0n) is 18.5. The lowest BCUT2D eigenvalue weighted by molar-refractivity contribution is -0.212. The van der Waals surface area contributed by atoms with Gasteiger partial charge in [-0.2, -0.15) is 0 Å². The minimum atomic E-state index is -0.0591. The fraction of sp³-hybridized carbons (Fsp3) is 0.500. The summed E-state index contributed by atoms with van der Waals surface area (Å²) >= 11 is 5.99. The van der Waals surface area contributed by atoms with Crippen LogP contribution in [0.5, 0.6) is 0 Å². The third kappa shape index (κ3) is 6.44. The number of ether oxygens (including phenoxy) is 2. The van der Waals surface area contributed by atoms with Crippen LogP contribution in [-0.2, 0) is 15.9 Å². The molecule has 0 unspecified atom stereocenters. The third-order valence-electron chi connectivity index (χ3n) is 7.13. The smallest absolute Gasteiger partial charge is 0.157 e. The molecule has 31 heavy (non-hydrogen) atoms. The van der Waals surface area contributed by atoms with Gasteiger partial charge in [-0.25, -0.2) is 0 Å². The van der Waals surface area contributed by atoms with E-state index in [0.717, 1.165) is 49.3 Å². The Kier molecular flexibility index (Phi) is 8.24. The zero-order valence-corrected chi connectivity index (χ0v) is 19.2. The van der Waals surface area contributed by atoms with Crippen molar-refractivity contribution < 1.29 is 9.47 Å².